The number of hydrogen-bond donors (Lipinski definition) is 0. The van der Waals surface area contributed by atoms with Gasteiger partial charge in [-0.3, -0.25) is 14.6 Å². The molecule has 1 aromatic carbocycles. The van der Waals surface area contributed by atoms with Crippen LogP contribution in [-0.2, 0) is 13.2 Å². The van der Waals surface area contributed by atoms with E-state index >= 15 is 0 Å². The van der Waals surface area contributed by atoms with E-state index in [2.05, 4.69) is 25.0 Å². The quantitative estimate of drug-likeness (QED) is 0.585. The molecule has 4 rings (SSSR count). The van der Waals surface area contributed by atoms with E-state index in [1.165, 1.54) is 10.9 Å². The van der Waals surface area contributed by atoms with Crippen molar-refractivity contribution < 1.29 is 4.52 Å². The van der Waals surface area contributed by atoms with Crippen molar-refractivity contribution in [1.29, 1.82) is 0 Å². The lowest BCUT2D eigenvalue weighted by Crippen LogP contribution is -2.47. The number of benzene rings is 1. The van der Waals surface area contributed by atoms with Crippen molar-refractivity contribution in [3.8, 4) is 11.4 Å². The maximum absolute atomic E-state index is 12.1. The molecule has 0 N–H and O–H groups in total. The van der Waals surface area contributed by atoms with E-state index in [-0.39, 0.29) is 15.6 Å². The Labute approximate surface area is 181 Å². The summed E-state index contributed by atoms with van der Waals surface area (Å²) in [5.41, 5.74) is 0.468. The van der Waals surface area contributed by atoms with Crippen LogP contribution >= 0.6 is 34.8 Å². The Hall–Kier alpha value is -1.97. The molecule has 0 radical (unpaired) electrons. The summed E-state index contributed by atoms with van der Waals surface area (Å²) in [5, 5.41) is 8.91. The lowest BCUT2D eigenvalue weighted by Gasteiger charge is -2.33. The topological polar surface area (TPSA) is 80.3 Å². The van der Waals surface area contributed by atoms with E-state index in [1.54, 1.807) is 12.1 Å². The molecular weight excluding hydrogens is 439 g/mol. The number of hydrogen-bond acceptors (Lipinski definition) is 7. The summed E-state index contributed by atoms with van der Waals surface area (Å²) in [5.74, 6) is 1.10. The van der Waals surface area contributed by atoms with Gasteiger partial charge in [0.1, 0.15) is 5.02 Å². The molecule has 2 aromatic heterocycles. The average Bonchev–Trinajstić information content (AvgIpc) is 3.19. The minimum Gasteiger partial charge on any atom is -0.338 e. The summed E-state index contributed by atoms with van der Waals surface area (Å²) in [7, 11) is 0. The van der Waals surface area contributed by atoms with E-state index in [0.29, 0.717) is 30.0 Å². The van der Waals surface area contributed by atoms with Crippen molar-refractivity contribution in [2.75, 3.05) is 26.2 Å². The fourth-order valence-corrected chi connectivity index (χ4v) is 3.45. The number of piperazine rings is 1. The molecule has 11 heteroatoms. The van der Waals surface area contributed by atoms with E-state index in [1.807, 2.05) is 12.1 Å². The van der Waals surface area contributed by atoms with Gasteiger partial charge in [-0.05, 0) is 24.3 Å². The summed E-state index contributed by atoms with van der Waals surface area (Å²) >= 11 is 17.6. The normalized spacial score (nSPS) is 15.7. The van der Waals surface area contributed by atoms with E-state index in [0.717, 1.165) is 31.7 Å². The van der Waals surface area contributed by atoms with Gasteiger partial charge in [0.05, 0.1) is 24.4 Å². The van der Waals surface area contributed by atoms with E-state index in [9.17, 15) is 4.79 Å². The molecule has 29 heavy (non-hydrogen) atoms. The van der Waals surface area contributed by atoms with Crippen molar-refractivity contribution in [2.24, 2.45) is 0 Å². The van der Waals surface area contributed by atoms with Crippen LogP contribution in [0.1, 0.15) is 5.89 Å². The average molecular weight is 456 g/mol. The lowest BCUT2D eigenvalue weighted by atomic mass is 10.2. The Morgan fingerprint density at radius 2 is 1.69 bits per heavy atom. The number of aromatic nitrogens is 4. The summed E-state index contributed by atoms with van der Waals surface area (Å²) in [4.78, 5) is 20.9. The third kappa shape index (κ3) is 4.79. The molecule has 3 aromatic rings. The second-order valence-electron chi connectivity index (χ2n) is 6.67. The van der Waals surface area contributed by atoms with Crippen LogP contribution in [0, 0.1) is 0 Å². The summed E-state index contributed by atoms with van der Waals surface area (Å²) in [6, 6.07) is 7.30. The van der Waals surface area contributed by atoms with Crippen molar-refractivity contribution in [3.63, 3.8) is 0 Å². The second-order valence-corrected chi connectivity index (χ2v) is 7.89. The fraction of sp³-hybridized carbons (Fsp3) is 0.333. The summed E-state index contributed by atoms with van der Waals surface area (Å²) in [6.07, 6.45) is 1.38. The van der Waals surface area contributed by atoms with E-state index in [4.69, 9.17) is 39.3 Å². The van der Waals surface area contributed by atoms with Gasteiger partial charge < -0.3 is 4.52 Å². The smallest absolute Gasteiger partial charge is 0.288 e. The molecule has 0 atom stereocenters. The molecule has 0 unspecified atom stereocenters. The number of nitrogens with zero attached hydrogens (tertiary/aromatic N) is 6. The molecule has 0 amide bonds. The molecule has 1 aliphatic rings. The van der Waals surface area contributed by atoms with Gasteiger partial charge in [0.15, 0.2) is 0 Å². The third-order valence-electron chi connectivity index (χ3n) is 4.67. The molecule has 3 heterocycles. The Morgan fingerprint density at radius 1 is 1.00 bits per heavy atom. The van der Waals surface area contributed by atoms with Crippen LogP contribution in [0.25, 0.3) is 11.4 Å². The van der Waals surface area contributed by atoms with Gasteiger partial charge in [0.2, 0.25) is 11.7 Å². The minimum absolute atomic E-state index is 0.00631. The van der Waals surface area contributed by atoms with E-state index < -0.39 is 0 Å². The monoisotopic (exact) mass is 454 g/mol. The first kappa shape index (κ1) is 20.3. The Balaban J connectivity index is 1.32. The zero-order valence-corrected chi connectivity index (χ0v) is 17.5. The van der Waals surface area contributed by atoms with Crippen LogP contribution in [0.3, 0.4) is 0 Å². The molecular formula is C18H17Cl3N6O2. The van der Waals surface area contributed by atoms with Gasteiger partial charge in [-0.25, -0.2) is 4.68 Å². The van der Waals surface area contributed by atoms with Gasteiger partial charge >= 0.3 is 0 Å². The molecule has 0 saturated carbocycles. The minimum atomic E-state index is -0.387. The molecule has 0 aliphatic carbocycles. The van der Waals surface area contributed by atoms with Crippen LogP contribution in [0.4, 0.5) is 0 Å². The number of halogens is 3. The standard InChI is InChI=1S/C18H17Cl3N6O2/c19-13-3-1-12(2-4-13)17-23-15(29-24-17)10-25-5-7-26(8-6-25)11-27-18(28)16(21)14(20)9-22-27/h1-4,9H,5-8,10-11H2. The van der Waals surface area contributed by atoms with Crippen molar-refractivity contribution in [3.05, 3.63) is 61.8 Å². The first-order valence-electron chi connectivity index (χ1n) is 8.94. The highest BCUT2D eigenvalue weighted by molar-refractivity contribution is 6.41. The van der Waals surface area contributed by atoms with Crippen LogP contribution in [0.5, 0.6) is 0 Å². The lowest BCUT2D eigenvalue weighted by molar-refractivity contribution is 0.0898. The molecule has 0 bridgehead atoms. The predicted octanol–water partition coefficient (Wildman–Crippen LogP) is 3.03. The third-order valence-corrected chi connectivity index (χ3v) is 5.67. The van der Waals surface area contributed by atoms with Crippen LogP contribution in [-0.4, -0.2) is 55.9 Å². The first-order chi connectivity index (χ1) is 14.0. The van der Waals surface area contributed by atoms with Gasteiger partial charge in [0, 0.05) is 36.8 Å². The Kier molecular flexibility index (Phi) is 6.17. The SMILES string of the molecule is O=c1c(Cl)c(Cl)cnn1CN1CCN(Cc2nc(-c3ccc(Cl)cc3)no2)CC1. The molecule has 8 nitrogen and oxygen atoms in total. The Morgan fingerprint density at radius 3 is 2.41 bits per heavy atom. The zero-order chi connectivity index (χ0) is 20.4. The molecule has 152 valence electrons. The van der Waals surface area contributed by atoms with Gasteiger partial charge in [0.25, 0.3) is 5.56 Å². The second kappa shape index (κ2) is 8.81. The van der Waals surface area contributed by atoms with Gasteiger partial charge in [-0.2, -0.15) is 10.1 Å². The fourth-order valence-electron chi connectivity index (χ4n) is 3.05. The summed E-state index contributed by atoms with van der Waals surface area (Å²) < 4.78 is 6.70. The predicted molar refractivity (Wildman–Crippen MR) is 110 cm³/mol. The maximum Gasteiger partial charge on any atom is 0.288 e. The van der Waals surface area contributed by atoms with Crippen molar-refractivity contribution >= 4 is 34.8 Å². The van der Waals surface area contributed by atoms with Crippen molar-refractivity contribution in [1.82, 2.24) is 29.7 Å². The molecule has 1 fully saturated rings. The molecule has 1 saturated heterocycles. The highest BCUT2D eigenvalue weighted by Crippen LogP contribution is 2.19. The molecule has 0 spiro atoms. The first-order valence-corrected chi connectivity index (χ1v) is 10.1. The van der Waals surface area contributed by atoms with Crippen LogP contribution in [0.15, 0.2) is 39.8 Å². The zero-order valence-electron chi connectivity index (χ0n) is 15.3. The number of rotatable bonds is 5. The molecule has 1 aliphatic heterocycles. The highest BCUT2D eigenvalue weighted by Gasteiger charge is 2.20. The highest BCUT2D eigenvalue weighted by atomic mass is 35.5. The van der Waals surface area contributed by atoms with Gasteiger partial charge in [-0.1, -0.05) is 40.0 Å². The maximum atomic E-state index is 12.1. The van der Waals surface area contributed by atoms with Crippen molar-refractivity contribution in [2.45, 2.75) is 13.2 Å². The van der Waals surface area contributed by atoms with Crippen LogP contribution < -0.4 is 5.56 Å². The van der Waals surface area contributed by atoms with Crippen LogP contribution in [0.2, 0.25) is 15.1 Å². The Bertz CT molecular complexity index is 1040. The summed E-state index contributed by atoms with van der Waals surface area (Å²) in [6.45, 7) is 4.08. The van der Waals surface area contributed by atoms with Gasteiger partial charge in [-0.15, -0.1) is 0 Å². The largest absolute Gasteiger partial charge is 0.338 e.